The first kappa shape index (κ1) is 14.8. The topological polar surface area (TPSA) is 71.5 Å². The molecule has 1 amide bonds. The summed E-state index contributed by atoms with van der Waals surface area (Å²) in [6, 6.07) is 0. The molecule has 0 saturated carbocycles. The molecule has 1 aliphatic rings. The standard InChI is InChI=1S/C13H19N3O3S/c1-19-12(18)5-4-10-9-20-13(15-10)14-8-11(17)16-6-2-3-7-16/h9H,2-8H2,1H3,(H,14,15). The number of hydrogen-bond acceptors (Lipinski definition) is 6. The first-order valence-electron chi connectivity index (χ1n) is 6.72. The van der Waals surface area contributed by atoms with Gasteiger partial charge in [0.05, 0.1) is 25.8 Å². The van der Waals surface area contributed by atoms with E-state index in [1.165, 1.54) is 18.4 Å². The Labute approximate surface area is 122 Å². The Morgan fingerprint density at radius 1 is 1.45 bits per heavy atom. The van der Waals surface area contributed by atoms with E-state index in [2.05, 4.69) is 15.0 Å². The molecule has 110 valence electrons. The minimum atomic E-state index is -0.239. The van der Waals surface area contributed by atoms with Crippen molar-refractivity contribution < 1.29 is 14.3 Å². The van der Waals surface area contributed by atoms with Crippen LogP contribution in [0.1, 0.15) is 25.0 Å². The van der Waals surface area contributed by atoms with Gasteiger partial charge in [0.15, 0.2) is 5.13 Å². The number of nitrogens with one attached hydrogen (secondary N) is 1. The van der Waals surface area contributed by atoms with E-state index in [-0.39, 0.29) is 18.4 Å². The average molecular weight is 297 g/mol. The minimum absolute atomic E-state index is 0.119. The Bertz CT molecular complexity index is 469. The van der Waals surface area contributed by atoms with Crippen molar-refractivity contribution >= 4 is 28.3 Å². The lowest BCUT2D eigenvalue weighted by Gasteiger charge is -2.14. The highest BCUT2D eigenvalue weighted by atomic mass is 32.1. The number of carbonyl (C=O) groups excluding carboxylic acids is 2. The fourth-order valence-electron chi connectivity index (χ4n) is 2.06. The molecule has 0 spiro atoms. The lowest BCUT2D eigenvalue weighted by molar-refractivity contribution is -0.140. The summed E-state index contributed by atoms with van der Waals surface area (Å²) in [6.07, 6.45) is 3.08. The van der Waals surface area contributed by atoms with Gasteiger partial charge in [-0.1, -0.05) is 0 Å². The molecule has 0 aliphatic carbocycles. The monoisotopic (exact) mass is 297 g/mol. The number of esters is 1. The highest BCUT2D eigenvalue weighted by Gasteiger charge is 2.17. The molecule has 2 heterocycles. The van der Waals surface area contributed by atoms with E-state index in [1.54, 1.807) is 0 Å². The second-order valence-electron chi connectivity index (χ2n) is 4.66. The molecule has 1 saturated heterocycles. The zero-order chi connectivity index (χ0) is 14.4. The highest BCUT2D eigenvalue weighted by molar-refractivity contribution is 7.13. The molecule has 1 N–H and O–H groups in total. The first-order valence-corrected chi connectivity index (χ1v) is 7.60. The molecule has 0 bridgehead atoms. The van der Waals surface area contributed by atoms with Gasteiger partial charge < -0.3 is 15.0 Å². The smallest absolute Gasteiger partial charge is 0.305 e. The van der Waals surface area contributed by atoms with Crippen LogP contribution in [0.3, 0.4) is 0 Å². The van der Waals surface area contributed by atoms with E-state index < -0.39 is 0 Å². The average Bonchev–Trinajstić information content (AvgIpc) is 3.13. The lowest BCUT2D eigenvalue weighted by atomic mass is 10.2. The quantitative estimate of drug-likeness (QED) is 0.801. The second kappa shape index (κ2) is 7.23. The highest BCUT2D eigenvalue weighted by Crippen LogP contribution is 2.17. The van der Waals surface area contributed by atoms with E-state index in [4.69, 9.17) is 0 Å². The molecule has 1 aromatic heterocycles. The lowest BCUT2D eigenvalue weighted by Crippen LogP contribution is -2.32. The van der Waals surface area contributed by atoms with Crippen LogP contribution in [0.25, 0.3) is 0 Å². The normalized spacial score (nSPS) is 14.3. The van der Waals surface area contributed by atoms with Crippen LogP contribution in [-0.2, 0) is 20.7 Å². The molecule has 20 heavy (non-hydrogen) atoms. The minimum Gasteiger partial charge on any atom is -0.469 e. The summed E-state index contributed by atoms with van der Waals surface area (Å²) in [5, 5.41) is 5.66. The maximum atomic E-state index is 11.9. The summed E-state index contributed by atoms with van der Waals surface area (Å²) < 4.78 is 4.59. The van der Waals surface area contributed by atoms with Gasteiger partial charge in [0.1, 0.15) is 0 Å². The van der Waals surface area contributed by atoms with Gasteiger partial charge >= 0.3 is 5.97 Å². The summed E-state index contributed by atoms with van der Waals surface area (Å²) in [4.78, 5) is 29.1. The van der Waals surface area contributed by atoms with Gasteiger partial charge in [0.2, 0.25) is 5.91 Å². The molecule has 7 heteroatoms. The van der Waals surface area contributed by atoms with Gasteiger partial charge in [-0.15, -0.1) is 11.3 Å². The molecule has 2 rings (SSSR count). The van der Waals surface area contributed by atoms with Crippen LogP contribution in [0.15, 0.2) is 5.38 Å². The number of carbonyl (C=O) groups is 2. The number of hydrogen-bond donors (Lipinski definition) is 1. The molecule has 0 unspecified atom stereocenters. The Balaban J connectivity index is 1.74. The molecule has 1 aliphatic heterocycles. The van der Waals surface area contributed by atoms with Gasteiger partial charge in [-0.3, -0.25) is 9.59 Å². The van der Waals surface area contributed by atoms with E-state index in [1.807, 2.05) is 10.3 Å². The Kier molecular flexibility index (Phi) is 5.34. The van der Waals surface area contributed by atoms with E-state index in [0.717, 1.165) is 36.8 Å². The van der Waals surface area contributed by atoms with Crippen LogP contribution < -0.4 is 5.32 Å². The number of amides is 1. The number of rotatable bonds is 6. The predicted molar refractivity (Wildman–Crippen MR) is 76.8 cm³/mol. The largest absolute Gasteiger partial charge is 0.469 e. The van der Waals surface area contributed by atoms with Crippen LogP contribution in [0.5, 0.6) is 0 Å². The molecule has 1 aromatic rings. The van der Waals surface area contributed by atoms with Crippen LogP contribution >= 0.6 is 11.3 Å². The molecule has 0 atom stereocenters. The maximum absolute atomic E-state index is 11.9. The van der Waals surface area contributed by atoms with Crippen molar-refractivity contribution in [2.75, 3.05) is 32.1 Å². The zero-order valence-electron chi connectivity index (χ0n) is 11.6. The zero-order valence-corrected chi connectivity index (χ0v) is 12.4. The Morgan fingerprint density at radius 2 is 2.20 bits per heavy atom. The van der Waals surface area contributed by atoms with Crippen molar-refractivity contribution in [2.45, 2.75) is 25.7 Å². The third-order valence-electron chi connectivity index (χ3n) is 3.21. The van der Waals surface area contributed by atoms with Gasteiger partial charge in [-0.25, -0.2) is 4.98 Å². The summed E-state index contributed by atoms with van der Waals surface area (Å²) >= 11 is 1.45. The third kappa shape index (κ3) is 4.19. The maximum Gasteiger partial charge on any atom is 0.305 e. The van der Waals surface area contributed by atoms with Crippen molar-refractivity contribution in [3.05, 3.63) is 11.1 Å². The number of anilines is 1. The van der Waals surface area contributed by atoms with Crippen LogP contribution in [0.4, 0.5) is 5.13 Å². The molecule has 0 radical (unpaired) electrons. The van der Waals surface area contributed by atoms with Crippen molar-refractivity contribution in [1.82, 2.24) is 9.88 Å². The number of thiazole rings is 1. The van der Waals surface area contributed by atoms with Gasteiger partial charge in [-0.05, 0) is 12.8 Å². The van der Waals surface area contributed by atoms with Crippen molar-refractivity contribution in [1.29, 1.82) is 0 Å². The van der Waals surface area contributed by atoms with Crippen LogP contribution in [-0.4, -0.2) is 48.5 Å². The number of methoxy groups -OCH3 is 1. The van der Waals surface area contributed by atoms with Crippen molar-refractivity contribution in [3.8, 4) is 0 Å². The van der Waals surface area contributed by atoms with Crippen LogP contribution in [0.2, 0.25) is 0 Å². The van der Waals surface area contributed by atoms with E-state index >= 15 is 0 Å². The van der Waals surface area contributed by atoms with Crippen LogP contribution in [0, 0.1) is 0 Å². The van der Waals surface area contributed by atoms with Gasteiger partial charge in [0, 0.05) is 24.9 Å². The molecule has 6 nitrogen and oxygen atoms in total. The Morgan fingerprint density at radius 3 is 2.90 bits per heavy atom. The number of likely N-dealkylation sites (tertiary alicyclic amines) is 1. The molecule has 1 fully saturated rings. The first-order chi connectivity index (χ1) is 9.69. The number of aromatic nitrogens is 1. The summed E-state index contributed by atoms with van der Waals surface area (Å²) in [6.45, 7) is 2.01. The number of nitrogens with zero attached hydrogens (tertiary/aromatic N) is 2. The van der Waals surface area contributed by atoms with Gasteiger partial charge in [-0.2, -0.15) is 0 Å². The Hall–Kier alpha value is -1.63. The van der Waals surface area contributed by atoms with Gasteiger partial charge in [0.25, 0.3) is 0 Å². The fourth-order valence-corrected chi connectivity index (χ4v) is 2.81. The van der Waals surface area contributed by atoms with Crippen molar-refractivity contribution in [2.24, 2.45) is 0 Å². The molecule has 0 aromatic carbocycles. The SMILES string of the molecule is COC(=O)CCc1csc(NCC(=O)N2CCCC2)n1. The summed E-state index contributed by atoms with van der Waals surface area (Å²) in [5.74, 6) is -0.120. The number of aryl methyl sites for hydroxylation is 1. The number of ether oxygens (including phenoxy) is 1. The summed E-state index contributed by atoms with van der Waals surface area (Å²) in [5.41, 5.74) is 0.844. The van der Waals surface area contributed by atoms with E-state index in [0.29, 0.717) is 12.8 Å². The molecular formula is C13H19N3O3S. The summed E-state index contributed by atoms with van der Waals surface area (Å²) in [7, 11) is 1.38. The molecular weight excluding hydrogens is 278 g/mol. The second-order valence-corrected chi connectivity index (χ2v) is 5.52. The third-order valence-corrected chi connectivity index (χ3v) is 4.06. The van der Waals surface area contributed by atoms with Crippen molar-refractivity contribution in [3.63, 3.8) is 0 Å². The fraction of sp³-hybridized carbons (Fsp3) is 0.615. The van der Waals surface area contributed by atoms with E-state index in [9.17, 15) is 9.59 Å². The predicted octanol–water partition coefficient (Wildman–Crippen LogP) is 1.28.